The van der Waals surface area contributed by atoms with Gasteiger partial charge in [-0.2, -0.15) is 0 Å². The Balaban J connectivity index is 2.06. The third-order valence-corrected chi connectivity index (χ3v) is 3.09. The molecule has 106 valence electrons. The van der Waals surface area contributed by atoms with Crippen LogP contribution in [0.1, 0.15) is 17.2 Å². The molecule has 2 rings (SSSR count). The molecule has 0 amide bonds. The number of nitrogens with two attached hydrogens (primary N) is 1. The highest BCUT2D eigenvalue weighted by molar-refractivity contribution is 5.36. The second-order valence-corrected chi connectivity index (χ2v) is 4.57. The molecule has 0 saturated carbocycles. The van der Waals surface area contributed by atoms with Crippen LogP contribution in [-0.2, 0) is 0 Å². The van der Waals surface area contributed by atoms with Gasteiger partial charge in [-0.1, -0.05) is 18.2 Å². The molecule has 2 aromatic carbocycles. The normalized spacial score (nSPS) is 12.0. The summed E-state index contributed by atoms with van der Waals surface area (Å²) in [6, 6.07) is 11.7. The number of hydrogen-bond donors (Lipinski definition) is 1. The summed E-state index contributed by atoms with van der Waals surface area (Å²) >= 11 is 0. The Kier molecular flexibility index (Phi) is 4.58. The summed E-state index contributed by atoms with van der Waals surface area (Å²) in [5.41, 5.74) is 7.75. The summed E-state index contributed by atoms with van der Waals surface area (Å²) in [4.78, 5) is 0. The molecule has 0 bridgehead atoms. The van der Waals surface area contributed by atoms with Crippen molar-refractivity contribution in [2.24, 2.45) is 5.73 Å². The van der Waals surface area contributed by atoms with Gasteiger partial charge >= 0.3 is 0 Å². The molecule has 0 saturated heterocycles. The smallest absolute Gasteiger partial charge is 0.123 e. The second-order valence-electron chi connectivity index (χ2n) is 4.57. The second kappa shape index (κ2) is 6.39. The lowest BCUT2D eigenvalue weighted by molar-refractivity contribution is 0.284. The maximum absolute atomic E-state index is 13.0. The highest BCUT2D eigenvalue weighted by Gasteiger charge is 2.12. The van der Waals surface area contributed by atoms with E-state index in [1.807, 2.05) is 24.3 Å². The van der Waals surface area contributed by atoms with Gasteiger partial charge in [-0.05, 0) is 36.8 Å². The van der Waals surface area contributed by atoms with E-state index in [-0.39, 0.29) is 11.9 Å². The van der Waals surface area contributed by atoms with E-state index in [9.17, 15) is 4.39 Å². The lowest BCUT2D eigenvalue weighted by Gasteiger charge is -2.17. The zero-order valence-corrected chi connectivity index (χ0v) is 11.6. The lowest BCUT2D eigenvalue weighted by Crippen LogP contribution is -2.20. The van der Waals surface area contributed by atoms with Crippen molar-refractivity contribution in [2.45, 2.75) is 13.0 Å². The van der Waals surface area contributed by atoms with E-state index in [2.05, 4.69) is 0 Å². The summed E-state index contributed by atoms with van der Waals surface area (Å²) in [7, 11) is 1.61. The van der Waals surface area contributed by atoms with Crippen LogP contribution < -0.4 is 15.2 Å². The molecule has 1 unspecified atom stereocenters. The van der Waals surface area contributed by atoms with Crippen LogP contribution in [0, 0.1) is 12.7 Å². The van der Waals surface area contributed by atoms with Gasteiger partial charge in [0.05, 0.1) is 13.2 Å². The summed E-state index contributed by atoms with van der Waals surface area (Å²) in [6.45, 7) is 2.10. The van der Waals surface area contributed by atoms with E-state index < -0.39 is 0 Å². The zero-order valence-electron chi connectivity index (χ0n) is 11.6. The van der Waals surface area contributed by atoms with E-state index in [0.717, 1.165) is 16.9 Å². The Bertz CT molecular complexity index is 586. The number of hydrogen-bond acceptors (Lipinski definition) is 3. The van der Waals surface area contributed by atoms with E-state index in [0.29, 0.717) is 12.4 Å². The molecule has 2 N–H and O–H groups in total. The molecule has 3 nitrogen and oxygen atoms in total. The third-order valence-electron chi connectivity index (χ3n) is 3.09. The SMILES string of the molecule is COc1ccccc1C(N)COc1ccc(F)cc1C. The first-order valence-corrected chi connectivity index (χ1v) is 6.39. The first-order valence-electron chi connectivity index (χ1n) is 6.39. The van der Waals surface area contributed by atoms with E-state index in [1.165, 1.54) is 12.1 Å². The number of aryl methyl sites for hydroxylation is 1. The molecule has 0 fully saturated rings. The first-order chi connectivity index (χ1) is 9.61. The fraction of sp³-hybridized carbons (Fsp3) is 0.250. The molecule has 2 aromatic rings. The largest absolute Gasteiger partial charge is 0.496 e. The highest BCUT2D eigenvalue weighted by Crippen LogP contribution is 2.25. The number of methoxy groups -OCH3 is 1. The van der Waals surface area contributed by atoms with Crippen LogP contribution in [0.2, 0.25) is 0 Å². The Labute approximate surface area is 118 Å². The van der Waals surface area contributed by atoms with Gasteiger partial charge in [-0.3, -0.25) is 0 Å². The van der Waals surface area contributed by atoms with Crippen molar-refractivity contribution < 1.29 is 13.9 Å². The van der Waals surface area contributed by atoms with Crippen molar-refractivity contribution in [3.8, 4) is 11.5 Å². The monoisotopic (exact) mass is 275 g/mol. The quantitative estimate of drug-likeness (QED) is 0.911. The molecular weight excluding hydrogens is 257 g/mol. The molecule has 0 radical (unpaired) electrons. The summed E-state index contributed by atoms with van der Waals surface area (Å²) in [5.74, 6) is 1.10. The average molecular weight is 275 g/mol. The lowest BCUT2D eigenvalue weighted by atomic mass is 10.1. The molecule has 0 aromatic heterocycles. The average Bonchev–Trinajstić information content (AvgIpc) is 2.46. The minimum absolute atomic E-state index is 0.274. The molecular formula is C16H18FNO2. The van der Waals surface area contributed by atoms with Crippen LogP contribution in [0.3, 0.4) is 0 Å². The number of para-hydroxylation sites is 1. The molecule has 0 aliphatic carbocycles. The van der Waals surface area contributed by atoms with Crippen molar-refractivity contribution in [2.75, 3.05) is 13.7 Å². The van der Waals surface area contributed by atoms with E-state index in [4.69, 9.17) is 15.2 Å². The van der Waals surface area contributed by atoms with Crippen molar-refractivity contribution in [1.29, 1.82) is 0 Å². The molecule has 0 heterocycles. The zero-order chi connectivity index (χ0) is 14.5. The van der Waals surface area contributed by atoms with E-state index in [1.54, 1.807) is 20.1 Å². The third kappa shape index (κ3) is 3.27. The fourth-order valence-electron chi connectivity index (χ4n) is 2.02. The van der Waals surface area contributed by atoms with Gasteiger partial charge in [0, 0.05) is 5.56 Å². The summed E-state index contributed by atoms with van der Waals surface area (Å²) < 4.78 is 23.9. The van der Waals surface area contributed by atoms with Gasteiger partial charge in [0.15, 0.2) is 0 Å². The van der Waals surface area contributed by atoms with Gasteiger partial charge in [-0.25, -0.2) is 4.39 Å². The predicted molar refractivity (Wildman–Crippen MR) is 76.6 cm³/mol. The number of rotatable bonds is 5. The van der Waals surface area contributed by atoms with Gasteiger partial charge in [0.2, 0.25) is 0 Å². The van der Waals surface area contributed by atoms with E-state index >= 15 is 0 Å². The Morgan fingerprint density at radius 1 is 1.15 bits per heavy atom. The summed E-state index contributed by atoms with van der Waals surface area (Å²) in [6.07, 6.45) is 0. The van der Waals surface area contributed by atoms with Crippen molar-refractivity contribution in [3.05, 3.63) is 59.4 Å². The molecule has 20 heavy (non-hydrogen) atoms. The number of halogens is 1. The molecule has 0 aliphatic heterocycles. The van der Waals surface area contributed by atoms with Crippen molar-refractivity contribution in [1.82, 2.24) is 0 Å². The maximum Gasteiger partial charge on any atom is 0.123 e. The Morgan fingerprint density at radius 3 is 2.60 bits per heavy atom. The highest BCUT2D eigenvalue weighted by atomic mass is 19.1. The predicted octanol–water partition coefficient (Wildman–Crippen LogP) is 3.22. The topological polar surface area (TPSA) is 44.5 Å². The minimum Gasteiger partial charge on any atom is -0.496 e. The Morgan fingerprint density at radius 2 is 1.90 bits per heavy atom. The van der Waals surface area contributed by atoms with Gasteiger partial charge in [0.25, 0.3) is 0 Å². The van der Waals surface area contributed by atoms with Crippen LogP contribution in [0.25, 0.3) is 0 Å². The van der Waals surface area contributed by atoms with Gasteiger partial charge in [0.1, 0.15) is 23.9 Å². The molecule has 4 heteroatoms. The summed E-state index contributed by atoms with van der Waals surface area (Å²) in [5, 5.41) is 0. The van der Waals surface area contributed by atoms with Crippen molar-refractivity contribution in [3.63, 3.8) is 0 Å². The minimum atomic E-state index is -0.310. The van der Waals surface area contributed by atoms with Crippen LogP contribution in [0.4, 0.5) is 4.39 Å². The first kappa shape index (κ1) is 14.3. The number of ether oxygens (including phenoxy) is 2. The van der Waals surface area contributed by atoms with Crippen LogP contribution in [0.5, 0.6) is 11.5 Å². The van der Waals surface area contributed by atoms with Gasteiger partial charge < -0.3 is 15.2 Å². The molecule has 1 atom stereocenters. The standard InChI is InChI=1S/C16H18FNO2/c1-11-9-12(17)7-8-15(11)20-10-14(18)13-5-3-4-6-16(13)19-2/h3-9,14H,10,18H2,1-2H3. The van der Waals surface area contributed by atoms with Gasteiger partial charge in [-0.15, -0.1) is 0 Å². The number of benzene rings is 2. The maximum atomic E-state index is 13.0. The molecule has 0 aliphatic rings. The molecule has 0 spiro atoms. The van der Waals surface area contributed by atoms with Crippen molar-refractivity contribution >= 4 is 0 Å². The fourth-order valence-corrected chi connectivity index (χ4v) is 2.02. The van der Waals surface area contributed by atoms with Crippen LogP contribution in [-0.4, -0.2) is 13.7 Å². The van der Waals surface area contributed by atoms with Crippen LogP contribution in [0.15, 0.2) is 42.5 Å². The Hall–Kier alpha value is -2.07. The van der Waals surface area contributed by atoms with Crippen LogP contribution >= 0.6 is 0 Å².